The Bertz CT molecular complexity index is 981. The monoisotopic (exact) mass is 402 g/mol. The molecular formula is C26H30N2O2. The summed E-state index contributed by atoms with van der Waals surface area (Å²) >= 11 is 0. The number of imidazole rings is 1. The van der Waals surface area contributed by atoms with Gasteiger partial charge in [-0.1, -0.05) is 67.6 Å². The Morgan fingerprint density at radius 1 is 1.07 bits per heavy atom. The lowest BCUT2D eigenvalue weighted by molar-refractivity contribution is 0.175. The molecule has 3 aromatic rings. The minimum atomic E-state index is -0.680. The van der Waals surface area contributed by atoms with Crippen molar-refractivity contribution in [1.82, 2.24) is 9.55 Å². The van der Waals surface area contributed by atoms with Crippen molar-refractivity contribution >= 4 is 6.08 Å². The smallest absolute Gasteiger partial charge is 0.137 e. The van der Waals surface area contributed by atoms with Gasteiger partial charge in [0.25, 0.3) is 0 Å². The summed E-state index contributed by atoms with van der Waals surface area (Å²) in [6.07, 6.45) is 9.31. The highest BCUT2D eigenvalue weighted by molar-refractivity contribution is 5.66. The number of aromatic nitrogens is 2. The van der Waals surface area contributed by atoms with Crippen LogP contribution in [0.3, 0.4) is 0 Å². The van der Waals surface area contributed by atoms with Crippen molar-refractivity contribution in [3.63, 3.8) is 0 Å². The predicted octanol–water partition coefficient (Wildman–Crippen LogP) is 5.36. The first-order valence-electron chi connectivity index (χ1n) is 10.8. The highest BCUT2D eigenvalue weighted by Gasteiger charge is 2.26. The first-order chi connectivity index (χ1) is 14.5. The summed E-state index contributed by atoms with van der Waals surface area (Å²) in [6.45, 7) is 3.94. The molecule has 1 aromatic heterocycles. The van der Waals surface area contributed by atoms with Crippen molar-refractivity contribution in [3.05, 3.63) is 84.0 Å². The minimum Gasteiger partial charge on any atom is -0.394 e. The van der Waals surface area contributed by atoms with Crippen LogP contribution in [0.1, 0.15) is 61.7 Å². The lowest BCUT2D eigenvalue weighted by atomic mass is 9.72. The zero-order chi connectivity index (χ0) is 21.1. The van der Waals surface area contributed by atoms with E-state index in [2.05, 4.69) is 60.4 Å². The van der Waals surface area contributed by atoms with Crippen LogP contribution < -0.4 is 0 Å². The Morgan fingerprint density at radius 3 is 2.27 bits per heavy atom. The third-order valence-corrected chi connectivity index (χ3v) is 6.13. The molecule has 0 amide bonds. The van der Waals surface area contributed by atoms with E-state index in [1.165, 1.54) is 29.5 Å². The number of aliphatic hydroxyl groups excluding tert-OH is 2. The molecule has 1 aliphatic carbocycles. The first kappa shape index (κ1) is 20.6. The SMILES string of the molecule is C[C@H](O)c1nccn1C(/C=C/c1ccc(-c2ccc([C@H]3C[C@@H](C)C3)cc2)cc1)CO. The molecule has 1 heterocycles. The van der Waals surface area contributed by atoms with Crippen LogP contribution in [0.2, 0.25) is 0 Å². The molecule has 4 rings (SSSR count). The normalized spacial score (nSPS) is 20.8. The van der Waals surface area contributed by atoms with Crippen LogP contribution >= 0.6 is 0 Å². The van der Waals surface area contributed by atoms with E-state index in [0.29, 0.717) is 5.82 Å². The molecule has 0 aliphatic heterocycles. The highest BCUT2D eigenvalue weighted by atomic mass is 16.3. The molecular weight excluding hydrogens is 372 g/mol. The van der Waals surface area contributed by atoms with Gasteiger partial charge in [0.15, 0.2) is 0 Å². The van der Waals surface area contributed by atoms with Gasteiger partial charge in [0.1, 0.15) is 11.9 Å². The van der Waals surface area contributed by atoms with E-state index >= 15 is 0 Å². The van der Waals surface area contributed by atoms with E-state index in [1.807, 2.05) is 12.2 Å². The molecule has 2 atom stereocenters. The van der Waals surface area contributed by atoms with E-state index in [0.717, 1.165) is 17.4 Å². The summed E-state index contributed by atoms with van der Waals surface area (Å²) in [5.41, 5.74) is 4.96. The minimum absolute atomic E-state index is 0.0587. The van der Waals surface area contributed by atoms with Gasteiger partial charge in [-0.2, -0.15) is 0 Å². The van der Waals surface area contributed by atoms with Crippen molar-refractivity contribution in [2.24, 2.45) is 5.92 Å². The quantitative estimate of drug-likeness (QED) is 0.559. The second-order valence-electron chi connectivity index (χ2n) is 8.50. The van der Waals surface area contributed by atoms with Crippen LogP contribution in [-0.2, 0) is 0 Å². The van der Waals surface area contributed by atoms with E-state index < -0.39 is 6.10 Å². The molecule has 2 N–H and O–H groups in total. The Kier molecular flexibility index (Phi) is 6.16. The van der Waals surface area contributed by atoms with Crippen molar-refractivity contribution in [3.8, 4) is 11.1 Å². The lowest BCUT2D eigenvalue weighted by Gasteiger charge is -2.33. The van der Waals surface area contributed by atoms with E-state index in [9.17, 15) is 10.2 Å². The highest BCUT2D eigenvalue weighted by Crippen LogP contribution is 2.41. The number of hydrogen-bond donors (Lipinski definition) is 2. The van der Waals surface area contributed by atoms with Crippen LogP contribution in [0.15, 0.2) is 67.0 Å². The zero-order valence-corrected chi connectivity index (χ0v) is 17.6. The average Bonchev–Trinajstić information content (AvgIpc) is 3.23. The summed E-state index contributed by atoms with van der Waals surface area (Å²) in [5, 5.41) is 19.6. The number of rotatable bonds is 7. The summed E-state index contributed by atoms with van der Waals surface area (Å²) in [4.78, 5) is 4.18. The fourth-order valence-corrected chi connectivity index (χ4v) is 4.30. The van der Waals surface area contributed by atoms with Gasteiger partial charge in [0.05, 0.1) is 12.6 Å². The van der Waals surface area contributed by atoms with Gasteiger partial charge in [0, 0.05) is 12.4 Å². The van der Waals surface area contributed by atoms with E-state index in [-0.39, 0.29) is 12.6 Å². The van der Waals surface area contributed by atoms with Crippen LogP contribution in [-0.4, -0.2) is 26.4 Å². The van der Waals surface area contributed by atoms with Crippen LogP contribution in [0.4, 0.5) is 0 Å². The Morgan fingerprint density at radius 2 is 1.70 bits per heavy atom. The first-order valence-corrected chi connectivity index (χ1v) is 10.8. The summed E-state index contributed by atoms with van der Waals surface area (Å²) < 4.78 is 1.81. The molecule has 1 unspecified atom stereocenters. The maximum Gasteiger partial charge on any atom is 0.137 e. The molecule has 0 radical (unpaired) electrons. The van der Waals surface area contributed by atoms with Gasteiger partial charge in [0.2, 0.25) is 0 Å². The second kappa shape index (κ2) is 8.99. The fourth-order valence-electron chi connectivity index (χ4n) is 4.30. The van der Waals surface area contributed by atoms with Gasteiger partial charge in [-0.3, -0.25) is 0 Å². The molecule has 30 heavy (non-hydrogen) atoms. The topological polar surface area (TPSA) is 58.3 Å². The third-order valence-electron chi connectivity index (χ3n) is 6.13. The Hall–Kier alpha value is -2.69. The summed E-state index contributed by atoms with van der Waals surface area (Å²) in [6, 6.07) is 17.2. The van der Waals surface area contributed by atoms with Crippen molar-refractivity contribution < 1.29 is 10.2 Å². The van der Waals surface area contributed by atoms with E-state index in [1.54, 1.807) is 23.9 Å². The van der Waals surface area contributed by atoms with Gasteiger partial charge < -0.3 is 14.8 Å². The zero-order valence-electron chi connectivity index (χ0n) is 17.6. The van der Waals surface area contributed by atoms with Crippen molar-refractivity contribution in [1.29, 1.82) is 0 Å². The van der Waals surface area contributed by atoms with Crippen LogP contribution in [0, 0.1) is 5.92 Å². The molecule has 0 spiro atoms. The van der Waals surface area contributed by atoms with Crippen molar-refractivity contribution in [2.45, 2.75) is 44.8 Å². The largest absolute Gasteiger partial charge is 0.394 e. The van der Waals surface area contributed by atoms with Gasteiger partial charge in [-0.15, -0.1) is 0 Å². The lowest BCUT2D eigenvalue weighted by Crippen LogP contribution is -2.18. The number of nitrogens with zero attached hydrogens (tertiary/aromatic N) is 2. The van der Waals surface area contributed by atoms with Crippen molar-refractivity contribution in [2.75, 3.05) is 6.61 Å². The molecule has 4 nitrogen and oxygen atoms in total. The maximum atomic E-state index is 9.85. The van der Waals surface area contributed by atoms with E-state index in [4.69, 9.17) is 0 Å². The third kappa shape index (κ3) is 4.40. The fraction of sp³-hybridized carbons (Fsp3) is 0.346. The standard InChI is InChI=1S/C26H30N2O2/c1-18-15-24(16-18)23-10-8-22(9-11-23)21-6-3-20(4-7-21)5-12-25(17-29)28-14-13-27-26(28)19(2)30/h3-14,18-19,24-25,29-30H,15-17H2,1-2H3/b12-5+/t18-,19-,24+,25?/m0/s1. The summed E-state index contributed by atoms with van der Waals surface area (Å²) in [5.74, 6) is 2.16. The van der Waals surface area contributed by atoms with Gasteiger partial charge in [-0.25, -0.2) is 4.98 Å². The molecule has 1 fully saturated rings. The molecule has 2 aromatic carbocycles. The average molecular weight is 403 g/mol. The number of hydrogen-bond acceptors (Lipinski definition) is 3. The van der Waals surface area contributed by atoms with Gasteiger partial charge >= 0.3 is 0 Å². The predicted molar refractivity (Wildman–Crippen MR) is 121 cm³/mol. The molecule has 4 heteroatoms. The Balaban J connectivity index is 1.44. The van der Waals surface area contributed by atoms with Crippen LogP contribution in [0.5, 0.6) is 0 Å². The second-order valence-corrected chi connectivity index (χ2v) is 8.50. The molecule has 1 saturated carbocycles. The van der Waals surface area contributed by atoms with Crippen LogP contribution in [0.25, 0.3) is 17.2 Å². The molecule has 0 bridgehead atoms. The number of benzene rings is 2. The summed E-state index contributed by atoms with van der Waals surface area (Å²) in [7, 11) is 0. The molecule has 1 aliphatic rings. The number of aliphatic hydroxyl groups is 2. The maximum absolute atomic E-state index is 9.85. The molecule has 0 saturated heterocycles. The Labute approximate surface area is 178 Å². The molecule has 156 valence electrons. The van der Waals surface area contributed by atoms with Gasteiger partial charge in [-0.05, 0) is 53.9 Å².